The van der Waals surface area contributed by atoms with Crippen LogP contribution in [0.5, 0.6) is 11.5 Å². The van der Waals surface area contributed by atoms with Crippen LogP contribution in [-0.2, 0) is 10.6 Å². The molecule has 7 nitrogen and oxygen atoms in total. The maximum atomic E-state index is 14.8. The average molecular weight is 760 g/mol. The SMILES string of the molecule is CN(C)C(=O)CC1CC/C(CN2CCC(c3cccc4c3OC(C)(c3ccc(Cl)cc3F)O4)CC2)=C/[I-]c2ccc(C(=O)O)cc21. The number of halogens is 3. The van der Waals surface area contributed by atoms with Gasteiger partial charge in [-0.3, -0.25) is 0 Å². The zero-order valence-electron chi connectivity index (χ0n) is 26.2. The van der Waals surface area contributed by atoms with Gasteiger partial charge in [-0.05, 0) is 18.2 Å². The van der Waals surface area contributed by atoms with Gasteiger partial charge < -0.3 is 0 Å². The van der Waals surface area contributed by atoms with Crippen molar-refractivity contribution in [2.75, 3.05) is 33.7 Å². The van der Waals surface area contributed by atoms with Crippen molar-refractivity contribution in [3.63, 3.8) is 0 Å². The second-order valence-corrected chi connectivity index (χ2v) is 15.5. The monoisotopic (exact) mass is 759 g/mol. The Hall–Kier alpha value is -3.15. The number of nitrogens with zero attached hydrogens (tertiary/aromatic N) is 2. The summed E-state index contributed by atoms with van der Waals surface area (Å²) in [6, 6.07) is 15.9. The number of carbonyl (C=O) groups is 2. The van der Waals surface area contributed by atoms with Crippen LogP contribution in [0.15, 0.2) is 64.3 Å². The molecule has 3 aliphatic rings. The molecule has 244 valence electrons. The first-order chi connectivity index (χ1) is 22.0. The van der Waals surface area contributed by atoms with E-state index in [4.69, 9.17) is 21.1 Å². The van der Waals surface area contributed by atoms with E-state index in [2.05, 4.69) is 15.0 Å². The van der Waals surface area contributed by atoms with E-state index < -0.39 is 38.8 Å². The third-order valence-corrected chi connectivity index (χ3v) is 12.3. The number of aromatic carboxylic acids is 1. The van der Waals surface area contributed by atoms with E-state index in [0.29, 0.717) is 34.4 Å². The molecule has 46 heavy (non-hydrogen) atoms. The minimum absolute atomic E-state index is 0.00670. The van der Waals surface area contributed by atoms with E-state index in [-0.39, 0.29) is 17.4 Å². The third-order valence-electron chi connectivity index (χ3n) is 9.23. The number of hydrogen-bond acceptors (Lipinski definition) is 5. The van der Waals surface area contributed by atoms with Crippen LogP contribution in [0, 0.1) is 9.39 Å². The van der Waals surface area contributed by atoms with Crippen LogP contribution in [0.3, 0.4) is 0 Å². The quantitative estimate of drug-likeness (QED) is 0.365. The molecule has 3 aliphatic heterocycles. The van der Waals surface area contributed by atoms with E-state index in [1.165, 1.54) is 15.2 Å². The molecule has 3 heterocycles. The fourth-order valence-corrected chi connectivity index (χ4v) is 9.43. The molecule has 3 aromatic carbocycles. The van der Waals surface area contributed by atoms with Crippen molar-refractivity contribution in [2.24, 2.45) is 0 Å². The number of carbonyl (C=O) groups excluding carboxylic acids is 1. The Morgan fingerprint density at radius 1 is 1.07 bits per heavy atom. The first kappa shape index (κ1) is 32.8. The summed E-state index contributed by atoms with van der Waals surface area (Å²) in [5.74, 6) is -1.02. The predicted molar refractivity (Wildman–Crippen MR) is 170 cm³/mol. The van der Waals surface area contributed by atoms with Gasteiger partial charge in [0.25, 0.3) is 0 Å². The Morgan fingerprint density at radius 3 is 2.57 bits per heavy atom. The van der Waals surface area contributed by atoms with Gasteiger partial charge in [-0.25, -0.2) is 4.39 Å². The van der Waals surface area contributed by atoms with Gasteiger partial charge in [0.05, 0.1) is 0 Å². The van der Waals surface area contributed by atoms with Crippen molar-refractivity contribution in [2.45, 2.75) is 56.7 Å². The van der Waals surface area contributed by atoms with Gasteiger partial charge >= 0.3 is 241 Å². The molecule has 0 saturated carbocycles. The van der Waals surface area contributed by atoms with Crippen LogP contribution >= 0.6 is 11.6 Å². The summed E-state index contributed by atoms with van der Waals surface area (Å²) in [6.07, 6.45) is 4.01. The van der Waals surface area contributed by atoms with Crippen LogP contribution in [0.1, 0.15) is 77.9 Å². The summed E-state index contributed by atoms with van der Waals surface area (Å²) in [4.78, 5) is 28.6. The summed E-state index contributed by atoms with van der Waals surface area (Å²) >= 11 is 5.51. The number of rotatable bonds is 7. The molecule has 1 N–H and O–H groups in total. The van der Waals surface area contributed by atoms with Crippen molar-refractivity contribution in [1.82, 2.24) is 9.80 Å². The van der Waals surface area contributed by atoms with Gasteiger partial charge in [0.15, 0.2) is 0 Å². The molecule has 1 saturated heterocycles. The molecule has 0 aliphatic carbocycles. The van der Waals surface area contributed by atoms with E-state index in [0.717, 1.165) is 56.4 Å². The van der Waals surface area contributed by atoms with Crippen molar-refractivity contribution < 1.29 is 49.8 Å². The fourth-order valence-electron chi connectivity index (χ4n) is 6.64. The third kappa shape index (κ3) is 6.92. The van der Waals surface area contributed by atoms with Gasteiger partial charge in [-0.1, -0.05) is 11.6 Å². The fraction of sp³-hybridized carbons (Fsp3) is 0.389. The van der Waals surface area contributed by atoms with E-state index >= 15 is 0 Å². The zero-order valence-corrected chi connectivity index (χ0v) is 29.1. The first-order valence-corrected chi connectivity index (χ1v) is 18.3. The molecule has 0 bridgehead atoms. The van der Waals surface area contributed by atoms with Crippen LogP contribution in [0.4, 0.5) is 4.39 Å². The number of carboxylic acids is 1. The molecule has 2 atom stereocenters. The van der Waals surface area contributed by atoms with Crippen LogP contribution < -0.4 is 30.7 Å². The number of likely N-dealkylation sites (tertiary alicyclic amines) is 1. The molecule has 1 fully saturated rings. The topological polar surface area (TPSA) is 79.3 Å². The summed E-state index contributed by atoms with van der Waals surface area (Å²) in [7, 11) is 3.53. The van der Waals surface area contributed by atoms with Crippen LogP contribution in [-0.4, -0.2) is 60.5 Å². The maximum absolute atomic E-state index is 14.8. The molecule has 0 aromatic heterocycles. The molecule has 6 rings (SSSR count). The number of para-hydroxylation sites is 1. The Balaban J connectivity index is 1.13. The normalized spacial score (nSPS) is 22.9. The molecular formula is C36H38ClFIN2O5-. The van der Waals surface area contributed by atoms with E-state index in [9.17, 15) is 19.1 Å². The molecule has 3 aromatic rings. The zero-order chi connectivity index (χ0) is 32.6. The number of benzene rings is 3. The first-order valence-electron chi connectivity index (χ1n) is 15.6. The Morgan fingerprint density at radius 2 is 1.85 bits per heavy atom. The summed E-state index contributed by atoms with van der Waals surface area (Å²) in [5.41, 5.74) is 4.11. The second-order valence-electron chi connectivity index (χ2n) is 12.6. The molecule has 2 unspecified atom stereocenters. The number of fused-ring (bicyclic) bond motifs is 2. The Kier molecular flexibility index (Phi) is 9.64. The predicted octanol–water partition coefficient (Wildman–Crippen LogP) is 4.20. The summed E-state index contributed by atoms with van der Waals surface area (Å²) in [6.45, 7) is 4.51. The van der Waals surface area contributed by atoms with Gasteiger partial charge in [-0.15, -0.1) is 0 Å². The Labute approximate surface area is 284 Å². The molecule has 10 heteroatoms. The van der Waals surface area contributed by atoms with Gasteiger partial charge in [0, 0.05) is 5.02 Å². The Bertz CT molecular complexity index is 1690. The van der Waals surface area contributed by atoms with Crippen molar-refractivity contribution >= 4 is 23.5 Å². The standard InChI is InChI=1S/C36H38ClFIN2O5/c1-36(29-11-10-26(37)19-30(29)38)45-32-6-4-5-27(34(32)46-36)23-13-15-41(16-14-23)21-22-7-8-24(18-33(42)40(2)3)28-17-25(35(43)44)9-12-31(28)39-20-22/h4-6,9-12,17,19-20,23-24H,7-8,13-16,18,21H2,1-3H3,(H,43,44)/q-1/b22-20-. The summed E-state index contributed by atoms with van der Waals surface area (Å²) < 4.78 is 31.0. The second kappa shape index (κ2) is 13.5. The van der Waals surface area contributed by atoms with Crippen molar-refractivity contribution in [1.29, 1.82) is 0 Å². The summed E-state index contributed by atoms with van der Waals surface area (Å²) in [5, 5.41) is 9.93. The number of hydrogen-bond donors (Lipinski definition) is 1. The minimum atomic E-state index is -1.27. The molecule has 0 radical (unpaired) electrons. The van der Waals surface area contributed by atoms with E-state index in [1.807, 2.05) is 18.2 Å². The number of carboxylic acid groups (broad SMARTS) is 1. The van der Waals surface area contributed by atoms with Crippen LogP contribution in [0.25, 0.3) is 0 Å². The van der Waals surface area contributed by atoms with Gasteiger partial charge in [0.1, 0.15) is 5.82 Å². The number of ether oxygens (including phenoxy) is 2. The molecule has 0 spiro atoms. The van der Waals surface area contributed by atoms with E-state index in [1.54, 1.807) is 50.2 Å². The average Bonchev–Trinajstić information content (AvgIpc) is 3.37. The van der Waals surface area contributed by atoms with Gasteiger partial charge in [0.2, 0.25) is 0 Å². The number of piperidine rings is 1. The molecular weight excluding hydrogens is 722 g/mol. The van der Waals surface area contributed by atoms with Gasteiger partial charge in [-0.2, -0.15) is 0 Å². The number of amides is 1. The van der Waals surface area contributed by atoms with Crippen LogP contribution in [0.2, 0.25) is 5.02 Å². The molecule has 1 amide bonds. The van der Waals surface area contributed by atoms with Crippen molar-refractivity contribution in [3.05, 3.63) is 101 Å². The van der Waals surface area contributed by atoms with Crippen molar-refractivity contribution in [3.8, 4) is 11.5 Å².